The summed E-state index contributed by atoms with van der Waals surface area (Å²) in [4.78, 5) is 29.4. The fraction of sp³-hybridized carbons (Fsp3) is 0.938. The highest BCUT2D eigenvalue weighted by Gasteiger charge is 2.36. The van der Waals surface area contributed by atoms with Gasteiger partial charge in [-0.05, 0) is 6.42 Å². The van der Waals surface area contributed by atoms with E-state index in [1.54, 1.807) is 0 Å². The third kappa shape index (κ3) is 10.4. The van der Waals surface area contributed by atoms with Crippen LogP contribution in [0.25, 0.3) is 0 Å². The summed E-state index contributed by atoms with van der Waals surface area (Å²) in [6.45, 7) is 3.54. The molecule has 2 atom stereocenters. The Morgan fingerprint density at radius 2 is 1.32 bits per heavy atom. The molecule has 0 bridgehead atoms. The Kier molecular flexibility index (Phi) is 11.9. The maximum absolute atomic E-state index is 11.2. The Labute approximate surface area is 134 Å². The van der Waals surface area contributed by atoms with Gasteiger partial charge in [-0.3, -0.25) is 9.36 Å². The summed E-state index contributed by atoms with van der Waals surface area (Å²) in [6.07, 6.45) is 11.9. The van der Waals surface area contributed by atoms with Crippen molar-refractivity contribution in [2.45, 2.75) is 90.1 Å². The molecule has 0 aliphatic carbocycles. The minimum absolute atomic E-state index is 0.345. The Morgan fingerprint density at radius 3 is 1.68 bits per heavy atom. The van der Waals surface area contributed by atoms with Crippen molar-refractivity contribution in [1.29, 1.82) is 0 Å². The number of carbonyl (C=O) groups is 1. The van der Waals surface area contributed by atoms with Gasteiger partial charge >= 0.3 is 13.6 Å². The van der Waals surface area contributed by atoms with Gasteiger partial charge < -0.3 is 14.9 Å². The molecule has 0 saturated carbocycles. The van der Waals surface area contributed by atoms with E-state index in [9.17, 15) is 9.36 Å². The quantitative estimate of drug-likeness (QED) is 0.319. The van der Waals surface area contributed by atoms with E-state index in [0.717, 1.165) is 25.7 Å². The summed E-state index contributed by atoms with van der Waals surface area (Å²) in [5, 5.41) is 9.11. The van der Waals surface area contributed by atoms with Gasteiger partial charge in [0.1, 0.15) is 0 Å². The normalized spacial score (nSPS) is 14.7. The predicted octanol–water partition coefficient (Wildman–Crippen LogP) is 4.56. The lowest BCUT2D eigenvalue weighted by Gasteiger charge is -2.20. The Morgan fingerprint density at radius 1 is 0.909 bits per heavy atom. The van der Waals surface area contributed by atoms with Crippen LogP contribution in [0.3, 0.4) is 0 Å². The highest BCUT2D eigenvalue weighted by atomic mass is 31.2. The molecule has 6 heteroatoms. The second-order valence-corrected chi connectivity index (χ2v) is 8.24. The van der Waals surface area contributed by atoms with E-state index < -0.39 is 25.1 Å². The third-order valence-corrected chi connectivity index (χ3v) is 5.72. The molecule has 0 rings (SSSR count). The van der Waals surface area contributed by atoms with E-state index in [2.05, 4.69) is 6.92 Å². The van der Waals surface area contributed by atoms with Gasteiger partial charge in [0.15, 0.2) is 0 Å². The molecular formula is C16H33O5P. The molecule has 0 aliphatic heterocycles. The monoisotopic (exact) mass is 336 g/mol. The second-order valence-electron chi connectivity index (χ2n) is 6.25. The van der Waals surface area contributed by atoms with E-state index in [-0.39, 0.29) is 0 Å². The summed E-state index contributed by atoms with van der Waals surface area (Å²) in [7, 11) is -4.33. The fourth-order valence-corrected chi connectivity index (χ4v) is 3.40. The number of hydrogen-bond acceptors (Lipinski definition) is 2. The Hall–Kier alpha value is -0.380. The number of rotatable bonds is 14. The van der Waals surface area contributed by atoms with Crippen LogP contribution in [0.2, 0.25) is 0 Å². The first-order valence-corrected chi connectivity index (χ1v) is 10.3. The average Bonchev–Trinajstić information content (AvgIpc) is 2.43. The standard InChI is InChI=1S/C16H33O5P/c1-3-4-5-6-7-8-9-10-11-12-13-15(16(17)18)14(2)22(19,20)21/h14-15H,3-13H2,1-2H3,(H,17,18)(H2,19,20,21). The molecular weight excluding hydrogens is 303 g/mol. The fourth-order valence-electron chi connectivity index (χ4n) is 2.66. The van der Waals surface area contributed by atoms with Gasteiger partial charge in [0.2, 0.25) is 0 Å². The Balaban J connectivity index is 3.75. The number of carboxylic acids is 1. The molecule has 2 unspecified atom stereocenters. The van der Waals surface area contributed by atoms with Crippen molar-refractivity contribution in [2.24, 2.45) is 5.92 Å². The predicted molar refractivity (Wildman–Crippen MR) is 89.1 cm³/mol. The van der Waals surface area contributed by atoms with Gasteiger partial charge in [-0.15, -0.1) is 0 Å². The van der Waals surface area contributed by atoms with Gasteiger partial charge in [-0.25, -0.2) is 0 Å². The number of unbranched alkanes of at least 4 members (excludes halogenated alkanes) is 9. The van der Waals surface area contributed by atoms with Crippen molar-refractivity contribution >= 4 is 13.6 Å². The van der Waals surface area contributed by atoms with Gasteiger partial charge in [-0.2, -0.15) is 0 Å². The summed E-state index contributed by atoms with van der Waals surface area (Å²) < 4.78 is 11.2. The van der Waals surface area contributed by atoms with E-state index in [0.29, 0.717) is 6.42 Å². The summed E-state index contributed by atoms with van der Waals surface area (Å²) in [5.74, 6) is -2.05. The third-order valence-electron chi connectivity index (χ3n) is 4.30. The minimum Gasteiger partial charge on any atom is -0.481 e. The van der Waals surface area contributed by atoms with Crippen LogP contribution in [0.1, 0.15) is 84.5 Å². The lowest BCUT2D eigenvalue weighted by Crippen LogP contribution is -2.26. The molecule has 0 spiro atoms. The van der Waals surface area contributed by atoms with Crippen LogP contribution < -0.4 is 0 Å². The van der Waals surface area contributed by atoms with E-state index in [1.165, 1.54) is 45.4 Å². The minimum atomic E-state index is -4.33. The molecule has 0 aromatic heterocycles. The highest BCUT2D eigenvalue weighted by molar-refractivity contribution is 7.52. The molecule has 3 N–H and O–H groups in total. The summed E-state index contributed by atoms with van der Waals surface area (Å²) in [6, 6.07) is 0. The van der Waals surface area contributed by atoms with Crippen molar-refractivity contribution in [2.75, 3.05) is 0 Å². The second kappa shape index (κ2) is 12.1. The first-order valence-electron chi connectivity index (χ1n) is 8.58. The number of carboxylic acid groups (broad SMARTS) is 1. The van der Waals surface area contributed by atoms with E-state index in [4.69, 9.17) is 14.9 Å². The lowest BCUT2D eigenvalue weighted by atomic mass is 9.97. The molecule has 0 heterocycles. The zero-order valence-corrected chi connectivity index (χ0v) is 14.9. The average molecular weight is 336 g/mol. The van der Waals surface area contributed by atoms with Crippen LogP contribution in [0.5, 0.6) is 0 Å². The van der Waals surface area contributed by atoms with Crippen LogP contribution in [0.4, 0.5) is 0 Å². The molecule has 0 aliphatic rings. The summed E-state index contributed by atoms with van der Waals surface area (Å²) in [5.41, 5.74) is -1.11. The smallest absolute Gasteiger partial charge is 0.329 e. The van der Waals surface area contributed by atoms with E-state index >= 15 is 0 Å². The molecule has 0 saturated heterocycles. The molecule has 0 aromatic rings. The van der Waals surface area contributed by atoms with Crippen LogP contribution in [-0.4, -0.2) is 26.5 Å². The highest BCUT2D eigenvalue weighted by Crippen LogP contribution is 2.45. The van der Waals surface area contributed by atoms with Crippen LogP contribution in [0.15, 0.2) is 0 Å². The van der Waals surface area contributed by atoms with Crippen LogP contribution in [0, 0.1) is 5.92 Å². The number of aliphatic carboxylic acids is 1. The first-order chi connectivity index (χ1) is 10.3. The Bertz CT molecular complexity index is 339. The summed E-state index contributed by atoms with van der Waals surface area (Å²) >= 11 is 0. The molecule has 0 fully saturated rings. The zero-order valence-electron chi connectivity index (χ0n) is 14.0. The maximum atomic E-state index is 11.2. The lowest BCUT2D eigenvalue weighted by molar-refractivity contribution is -0.142. The van der Waals surface area contributed by atoms with Crippen molar-refractivity contribution in [3.63, 3.8) is 0 Å². The number of hydrogen-bond donors (Lipinski definition) is 3. The van der Waals surface area contributed by atoms with Crippen LogP contribution >= 0.6 is 7.60 Å². The van der Waals surface area contributed by atoms with Crippen molar-refractivity contribution in [3.05, 3.63) is 0 Å². The van der Waals surface area contributed by atoms with Crippen molar-refractivity contribution < 1.29 is 24.3 Å². The zero-order chi connectivity index (χ0) is 17.0. The van der Waals surface area contributed by atoms with Gasteiger partial charge in [-0.1, -0.05) is 78.1 Å². The first kappa shape index (κ1) is 21.6. The van der Waals surface area contributed by atoms with Gasteiger partial charge in [0.25, 0.3) is 0 Å². The molecule has 22 heavy (non-hydrogen) atoms. The molecule has 132 valence electrons. The van der Waals surface area contributed by atoms with Gasteiger partial charge in [0, 0.05) is 0 Å². The SMILES string of the molecule is CCCCCCCCCCCCC(C(=O)O)C(C)P(=O)(O)O. The molecule has 5 nitrogen and oxygen atoms in total. The molecule has 0 amide bonds. The van der Waals surface area contributed by atoms with Gasteiger partial charge in [0.05, 0.1) is 11.6 Å². The van der Waals surface area contributed by atoms with Crippen LogP contribution in [-0.2, 0) is 9.36 Å². The molecule has 0 radical (unpaired) electrons. The maximum Gasteiger partial charge on any atom is 0.329 e. The van der Waals surface area contributed by atoms with Crippen molar-refractivity contribution in [3.8, 4) is 0 Å². The topological polar surface area (TPSA) is 94.8 Å². The molecule has 0 aromatic carbocycles. The van der Waals surface area contributed by atoms with Crippen molar-refractivity contribution in [1.82, 2.24) is 0 Å². The largest absolute Gasteiger partial charge is 0.481 e. The van der Waals surface area contributed by atoms with E-state index in [1.807, 2.05) is 0 Å².